The normalized spacial score (nSPS) is 41.2. The molecule has 0 N–H and O–H groups in total. The smallest absolute Gasteiger partial charge is 0.159 e. The summed E-state index contributed by atoms with van der Waals surface area (Å²) in [6.45, 7) is 4.38. The second-order valence-electron chi connectivity index (χ2n) is 3.98. The average molecular weight is 136 g/mol. The first kappa shape index (κ1) is 6.14. The molecule has 1 fully saturated rings. The van der Waals surface area contributed by atoms with E-state index in [9.17, 15) is 4.79 Å². The van der Waals surface area contributed by atoms with Crippen molar-refractivity contribution in [1.82, 2.24) is 0 Å². The van der Waals surface area contributed by atoms with E-state index in [1.807, 2.05) is 0 Å². The summed E-state index contributed by atoms with van der Waals surface area (Å²) in [4.78, 5) is 11.2. The number of allylic oxidation sites excluding steroid dienone is 2. The highest BCUT2D eigenvalue weighted by atomic mass is 16.1. The van der Waals surface area contributed by atoms with Crippen LogP contribution in [0.25, 0.3) is 0 Å². The number of carbonyl (C=O) groups excluding carboxylic acids is 1. The lowest BCUT2D eigenvalue weighted by Crippen LogP contribution is -2.50. The van der Waals surface area contributed by atoms with Crippen molar-refractivity contribution in [2.24, 2.45) is 17.3 Å². The van der Waals surface area contributed by atoms with Crippen LogP contribution in [0.3, 0.4) is 0 Å². The van der Waals surface area contributed by atoms with Crippen molar-refractivity contribution in [1.29, 1.82) is 0 Å². The fraction of sp³-hybridized carbons (Fsp3) is 0.667. The molecule has 0 aromatic rings. The molecule has 0 radical (unpaired) electrons. The highest BCUT2D eigenvalue weighted by molar-refractivity contribution is 5.94. The maximum atomic E-state index is 11.2. The summed E-state index contributed by atoms with van der Waals surface area (Å²) in [7, 11) is 0. The highest BCUT2D eigenvalue weighted by Crippen LogP contribution is 2.54. The first-order valence-corrected chi connectivity index (χ1v) is 3.84. The topological polar surface area (TPSA) is 17.1 Å². The molecule has 0 heterocycles. The van der Waals surface area contributed by atoms with Crippen molar-refractivity contribution in [2.45, 2.75) is 20.3 Å². The Hall–Kier alpha value is -0.590. The van der Waals surface area contributed by atoms with Gasteiger partial charge in [-0.25, -0.2) is 0 Å². The van der Waals surface area contributed by atoms with Gasteiger partial charge in [-0.2, -0.15) is 0 Å². The predicted molar refractivity (Wildman–Crippen MR) is 39.5 cm³/mol. The first-order chi connectivity index (χ1) is 4.62. The lowest BCUT2D eigenvalue weighted by Gasteiger charge is -2.52. The van der Waals surface area contributed by atoms with Crippen LogP contribution in [0.15, 0.2) is 12.2 Å². The lowest BCUT2D eigenvalue weighted by atomic mass is 9.51. The largest absolute Gasteiger partial charge is 0.295 e. The third kappa shape index (κ3) is 0.511. The van der Waals surface area contributed by atoms with Gasteiger partial charge in [-0.15, -0.1) is 0 Å². The van der Waals surface area contributed by atoms with E-state index in [1.54, 1.807) is 6.08 Å². The van der Waals surface area contributed by atoms with Crippen LogP contribution in [0, 0.1) is 17.3 Å². The third-order valence-corrected chi connectivity index (χ3v) is 3.18. The van der Waals surface area contributed by atoms with Gasteiger partial charge in [-0.05, 0) is 23.8 Å². The van der Waals surface area contributed by atoms with Gasteiger partial charge in [0.15, 0.2) is 5.78 Å². The fourth-order valence-corrected chi connectivity index (χ4v) is 2.10. The van der Waals surface area contributed by atoms with Crippen LogP contribution in [0.2, 0.25) is 0 Å². The number of fused-ring (bicyclic) bond motifs is 1. The third-order valence-electron chi connectivity index (χ3n) is 3.18. The van der Waals surface area contributed by atoms with Crippen molar-refractivity contribution in [3.63, 3.8) is 0 Å². The molecule has 1 heteroatoms. The van der Waals surface area contributed by atoms with E-state index in [1.165, 1.54) is 0 Å². The second-order valence-corrected chi connectivity index (χ2v) is 3.98. The second kappa shape index (κ2) is 1.52. The molecule has 3 rings (SSSR count). The van der Waals surface area contributed by atoms with Gasteiger partial charge >= 0.3 is 0 Å². The van der Waals surface area contributed by atoms with Gasteiger partial charge < -0.3 is 0 Å². The van der Waals surface area contributed by atoms with Crippen LogP contribution < -0.4 is 0 Å². The summed E-state index contributed by atoms with van der Waals surface area (Å²) >= 11 is 0. The molecule has 0 spiro atoms. The van der Waals surface area contributed by atoms with Gasteiger partial charge in [0, 0.05) is 5.92 Å². The Balaban J connectivity index is 2.37. The average Bonchev–Trinajstić information content (AvgIpc) is 1.87. The van der Waals surface area contributed by atoms with Crippen molar-refractivity contribution >= 4 is 5.78 Å². The van der Waals surface area contributed by atoms with E-state index < -0.39 is 0 Å². The first-order valence-electron chi connectivity index (χ1n) is 3.84. The summed E-state index contributed by atoms with van der Waals surface area (Å²) in [5.41, 5.74) is 0.270. The molecule has 0 aliphatic heterocycles. The highest BCUT2D eigenvalue weighted by Gasteiger charge is 2.51. The molecule has 3 aliphatic rings. The zero-order valence-corrected chi connectivity index (χ0v) is 6.42. The van der Waals surface area contributed by atoms with Crippen LogP contribution in [-0.2, 0) is 4.79 Å². The Kier molecular flexibility index (Phi) is 0.936. The standard InChI is InChI=1S/C9H12O/c1-9(2)6-3-4-8(10)7(9)5-6/h3-4,6-7H,5H2,1-2H3/t6-,7+/m0/s1. The summed E-state index contributed by atoms with van der Waals surface area (Å²) in [6.07, 6.45) is 4.93. The van der Waals surface area contributed by atoms with Crippen LogP contribution in [-0.4, -0.2) is 5.78 Å². The van der Waals surface area contributed by atoms with Crippen molar-refractivity contribution < 1.29 is 4.79 Å². The maximum Gasteiger partial charge on any atom is 0.159 e. The Morgan fingerprint density at radius 3 is 2.60 bits per heavy atom. The van der Waals surface area contributed by atoms with Crippen molar-refractivity contribution in [2.75, 3.05) is 0 Å². The molecule has 54 valence electrons. The van der Waals surface area contributed by atoms with Crippen molar-refractivity contribution in [3.8, 4) is 0 Å². The minimum atomic E-state index is 0.270. The molecule has 0 aromatic carbocycles. The summed E-state index contributed by atoms with van der Waals surface area (Å²) < 4.78 is 0. The lowest BCUT2D eigenvalue weighted by molar-refractivity contribution is -0.132. The number of carbonyl (C=O) groups is 1. The molecule has 0 saturated heterocycles. The van der Waals surface area contributed by atoms with Gasteiger partial charge in [0.1, 0.15) is 0 Å². The molecular formula is C9H12O. The Morgan fingerprint density at radius 2 is 2.30 bits per heavy atom. The predicted octanol–water partition coefficient (Wildman–Crippen LogP) is 1.79. The summed E-state index contributed by atoms with van der Waals surface area (Å²) in [5, 5.41) is 0. The number of ketones is 1. The zero-order valence-electron chi connectivity index (χ0n) is 6.42. The van der Waals surface area contributed by atoms with Crippen LogP contribution >= 0.6 is 0 Å². The zero-order chi connectivity index (χ0) is 7.35. The minimum absolute atomic E-state index is 0.270. The molecule has 0 unspecified atom stereocenters. The fourth-order valence-electron chi connectivity index (χ4n) is 2.10. The molecule has 0 aromatic heterocycles. The molecule has 2 bridgehead atoms. The number of hydrogen-bond acceptors (Lipinski definition) is 1. The molecule has 2 atom stereocenters. The quantitative estimate of drug-likeness (QED) is 0.496. The van der Waals surface area contributed by atoms with E-state index in [4.69, 9.17) is 0 Å². The number of hydrogen-bond donors (Lipinski definition) is 0. The van der Waals surface area contributed by atoms with Gasteiger partial charge in [-0.1, -0.05) is 19.9 Å². The van der Waals surface area contributed by atoms with Gasteiger partial charge in [0.05, 0.1) is 0 Å². The minimum Gasteiger partial charge on any atom is -0.295 e. The van der Waals surface area contributed by atoms with E-state index >= 15 is 0 Å². The monoisotopic (exact) mass is 136 g/mol. The van der Waals surface area contributed by atoms with E-state index in [2.05, 4.69) is 19.9 Å². The molecule has 10 heavy (non-hydrogen) atoms. The van der Waals surface area contributed by atoms with E-state index in [-0.39, 0.29) is 5.41 Å². The Labute approximate surface area is 61.1 Å². The molecule has 1 saturated carbocycles. The van der Waals surface area contributed by atoms with E-state index in [0.717, 1.165) is 6.42 Å². The molecule has 3 aliphatic carbocycles. The SMILES string of the molecule is CC1(C)[C@@H]2C[C@@H]1C=CC2=O. The molecular weight excluding hydrogens is 124 g/mol. The Morgan fingerprint density at radius 1 is 1.60 bits per heavy atom. The van der Waals surface area contributed by atoms with Crippen LogP contribution in [0.1, 0.15) is 20.3 Å². The summed E-state index contributed by atoms with van der Waals surface area (Å²) in [6, 6.07) is 0. The maximum absolute atomic E-state index is 11.2. The van der Waals surface area contributed by atoms with Gasteiger partial charge in [0.25, 0.3) is 0 Å². The van der Waals surface area contributed by atoms with Crippen LogP contribution in [0.5, 0.6) is 0 Å². The van der Waals surface area contributed by atoms with E-state index in [0.29, 0.717) is 17.6 Å². The van der Waals surface area contributed by atoms with Gasteiger partial charge in [-0.3, -0.25) is 4.79 Å². The molecule has 0 amide bonds. The number of rotatable bonds is 0. The van der Waals surface area contributed by atoms with Crippen LogP contribution in [0.4, 0.5) is 0 Å². The Bertz CT molecular complexity index is 213. The summed E-state index contributed by atoms with van der Waals surface area (Å²) in [5.74, 6) is 1.35. The van der Waals surface area contributed by atoms with Crippen molar-refractivity contribution in [3.05, 3.63) is 12.2 Å². The van der Waals surface area contributed by atoms with Gasteiger partial charge in [0.2, 0.25) is 0 Å². The molecule has 1 nitrogen and oxygen atoms in total.